The summed E-state index contributed by atoms with van der Waals surface area (Å²) in [4.78, 5) is 8.47. The molecule has 0 N–H and O–H groups in total. The molecule has 6 nitrogen and oxygen atoms in total. The molecule has 1 atom stereocenters. The molecule has 2 aliphatic heterocycles. The van der Waals surface area contributed by atoms with Crippen molar-refractivity contribution >= 4 is 57.2 Å². The summed E-state index contributed by atoms with van der Waals surface area (Å²) in [6, 6.07) is 8.65. The van der Waals surface area contributed by atoms with Gasteiger partial charge in [0.1, 0.15) is 0 Å². The molecule has 1 saturated heterocycles. The molecule has 6 rings (SSSR count). The number of rotatable bonds is 6. The molecule has 1 saturated carbocycles. The molecule has 0 radical (unpaired) electrons. The first-order chi connectivity index (χ1) is 20.4. The van der Waals surface area contributed by atoms with E-state index in [9.17, 15) is 8.42 Å². The highest BCUT2D eigenvalue weighted by Crippen LogP contribution is 2.52. The lowest BCUT2D eigenvalue weighted by Gasteiger charge is -2.46. The standard InChI is InChI=1S/C34H48ClN3O3S2Si/c1-32(2,3)43(39,40)38-21-25(20-34(38)13-10-14-34)37-16-9-11-23-17-24(35)18-28(30(23)37)27-12-15-36-29-19-26(42-31(27)29)22-41-44(7,8)33(4,5)6/h12,15,17-19,25H,9-11,13-14,16,20-22H2,1-8H3. The molecule has 1 unspecified atom stereocenters. The van der Waals surface area contributed by atoms with Crippen LogP contribution in [0.25, 0.3) is 21.3 Å². The van der Waals surface area contributed by atoms with Crippen LogP contribution >= 0.6 is 22.9 Å². The number of anilines is 1. The SMILES string of the molecule is CC(C)(C)[Si](C)(C)OCc1cc2nccc(-c3cc(Cl)cc4c3N(C3CN(S(=O)(=O)C(C)(C)C)C5(CCC5)C3)CCC4)c2s1. The van der Waals surface area contributed by atoms with Crippen LogP contribution in [0.5, 0.6) is 0 Å². The van der Waals surface area contributed by atoms with E-state index in [-0.39, 0.29) is 16.6 Å². The number of thiophene rings is 1. The molecule has 2 aromatic heterocycles. The van der Waals surface area contributed by atoms with Crippen LogP contribution in [0.3, 0.4) is 0 Å². The molecule has 1 spiro atoms. The summed E-state index contributed by atoms with van der Waals surface area (Å²) in [7, 11) is -5.34. The zero-order valence-electron chi connectivity index (χ0n) is 27.6. The Bertz CT molecular complexity index is 1690. The third-order valence-electron chi connectivity index (χ3n) is 10.7. The second kappa shape index (κ2) is 11.1. The zero-order valence-corrected chi connectivity index (χ0v) is 31.0. The highest BCUT2D eigenvalue weighted by Gasteiger charge is 2.57. The second-order valence-corrected chi connectivity index (χ2v) is 24.7. The highest BCUT2D eigenvalue weighted by molar-refractivity contribution is 7.90. The lowest BCUT2D eigenvalue weighted by Crippen LogP contribution is -2.56. The first-order valence-corrected chi connectivity index (χ1v) is 21.6. The monoisotopic (exact) mass is 673 g/mol. The van der Waals surface area contributed by atoms with Crippen LogP contribution in [-0.4, -0.2) is 55.4 Å². The number of nitrogens with zero attached hydrogens (tertiary/aromatic N) is 3. The number of aromatic nitrogens is 1. The average molecular weight is 674 g/mol. The molecule has 4 heterocycles. The van der Waals surface area contributed by atoms with Gasteiger partial charge in [0.2, 0.25) is 10.0 Å². The largest absolute Gasteiger partial charge is 0.412 e. The minimum atomic E-state index is -3.44. The second-order valence-electron chi connectivity index (χ2n) is 15.7. The van der Waals surface area contributed by atoms with Crippen molar-refractivity contribution in [1.82, 2.24) is 9.29 Å². The van der Waals surface area contributed by atoms with Crippen LogP contribution in [-0.2, 0) is 27.5 Å². The maximum atomic E-state index is 13.9. The molecule has 44 heavy (non-hydrogen) atoms. The molecule has 2 fully saturated rings. The Morgan fingerprint density at radius 2 is 1.82 bits per heavy atom. The summed E-state index contributed by atoms with van der Waals surface area (Å²) in [6.45, 7) is 18.9. The minimum absolute atomic E-state index is 0.126. The number of hydrogen-bond donors (Lipinski definition) is 0. The summed E-state index contributed by atoms with van der Waals surface area (Å²) in [5, 5.41) is 0.888. The molecular formula is C34H48ClN3O3S2Si. The number of pyridine rings is 1. The van der Waals surface area contributed by atoms with Crippen LogP contribution < -0.4 is 4.90 Å². The van der Waals surface area contributed by atoms with Gasteiger partial charge in [0.05, 0.1) is 21.6 Å². The predicted molar refractivity (Wildman–Crippen MR) is 188 cm³/mol. The quantitative estimate of drug-likeness (QED) is 0.244. The summed E-state index contributed by atoms with van der Waals surface area (Å²) >= 11 is 8.58. The third kappa shape index (κ3) is 5.47. The van der Waals surface area contributed by atoms with Crippen molar-refractivity contribution in [2.24, 2.45) is 0 Å². The summed E-state index contributed by atoms with van der Waals surface area (Å²) < 4.78 is 36.5. The van der Waals surface area contributed by atoms with Crippen molar-refractivity contribution < 1.29 is 12.8 Å². The zero-order chi connectivity index (χ0) is 31.9. The van der Waals surface area contributed by atoms with Gasteiger partial charge < -0.3 is 9.33 Å². The number of fused-ring (bicyclic) bond motifs is 2. The van der Waals surface area contributed by atoms with Gasteiger partial charge in [-0.1, -0.05) is 32.4 Å². The summed E-state index contributed by atoms with van der Waals surface area (Å²) in [6.07, 6.45) is 7.77. The van der Waals surface area contributed by atoms with E-state index in [0.717, 1.165) is 71.4 Å². The number of benzene rings is 1. The Morgan fingerprint density at radius 1 is 1.09 bits per heavy atom. The van der Waals surface area contributed by atoms with Crippen molar-refractivity contribution in [3.8, 4) is 11.1 Å². The fraction of sp³-hybridized carbons (Fsp3) is 0.618. The van der Waals surface area contributed by atoms with Gasteiger partial charge in [-0.15, -0.1) is 11.3 Å². The molecule has 240 valence electrons. The van der Waals surface area contributed by atoms with E-state index in [1.54, 1.807) is 11.3 Å². The maximum Gasteiger partial charge on any atom is 0.219 e. The highest BCUT2D eigenvalue weighted by atomic mass is 35.5. The summed E-state index contributed by atoms with van der Waals surface area (Å²) in [5.41, 5.74) is 5.46. The Morgan fingerprint density at radius 3 is 2.45 bits per heavy atom. The van der Waals surface area contributed by atoms with Gasteiger partial charge in [-0.25, -0.2) is 8.42 Å². The first kappa shape index (κ1) is 32.4. The Balaban J connectivity index is 1.39. The molecule has 3 aromatic rings. The minimum Gasteiger partial charge on any atom is -0.412 e. The van der Waals surface area contributed by atoms with Gasteiger partial charge >= 0.3 is 0 Å². The molecule has 10 heteroatoms. The van der Waals surface area contributed by atoms with Gasteiger partial charge in [-0.3, -0.25) is 4.98 Å². The Labute approximate surface area is 274 Å². The topological polar surface area (TPSA) is 62.7 Å². The molecule has 1 aromatic carbocycles. The van der Waals surface area contributed by atoms with Gasteiger partial charge in [0.25, 0.3) is 0 Å². The van der Waals surface area contributed by atoms with Crippen LogP contribution in [0.15, 0.2) is 30.5 Å². The van der Waals surface area contributed by atoms with Crippen molar-refractivity contribution in [3.63, 3.8) is 0 Å². The number of sulfonamides is 1. The van der Waals surface area contributed by atoms with Crippen LogP contribution in [0, 0.1) is 0 Å². The maximum absolute atomic E-state index is 13.9. The fourth-order valence-corrected chi connectivity index (χ4v) is 11.1. The predicted octanol–water partition coefficient (Wildman–Crippen LogP) is 9.02. The lowest BCUT2D eigenvalue weighted by molar-refractivity contribution is 0.125. The van der Waals surface area contributed by atoms with Crippen molar-refractivity contribution in [2.75, 3.05) is 18.0 Å². The molecule has 3 aliphatic rings. The van der Waals surface area contributed by atoms with E-state index >= 15 is 0 Å². The number of aryl methyl sites for hydroxylation is 1. The van der Waals surface area contributed by atoms with Crippen LogP contribution in [0.4, 0.5) is 5.69 Å². The summed E-state index contributed by atoms with van der Waals surface area (Å²) in [5.74, 6) is 0. The number of hydrogen-bond acceptors (Lipinski definition) is 6. The molecule has 1 aliphatic carbocycles. The van der Waals surface area contributed by atoms with E-state index in [2.05, 4.69) is 63.0 Å². The third-order valence-corrected chi connectivity index (χ3v) is 19.2. The van der Waals surface area contributed by atoms with Crippen molar-refractivity contribution in [1.29, 1.82) is 0 Å². The van der Waals surface area contributed by atoms with E-state index in [1.165, 1.54) is 16.1 Å². The van der Waals surface area contributed by atoms with Crippen LogP contribution in [0.2, 0.25) is 23.2 Å². The van der Waals surface area contributed by atoms with Crippen LogP contribution in [0.1, 0.15) is 84.1 Å². The number of halogens is 1. The molecule has 0 bridgehead atoms. The Hall–Kier alpha value is -1.49. The average Bonchev–Trinajstić information content (AvgIpc) is 3.52. The van der Waals surface area contributed by atoms with E-state index in [1.807, 2.05) is 31.3 Å². The van der Waals surface area contributed by atoms with Gasteiger partial charge in [-0.05, 0) is 107 Å². The fourth-order valence-electron chi connectivity index (χ4n) is 6.97. The van der Waals surface area contributed by atoms with Gasteiger partial charge in [-0.2, -0.15) is 4.31 Å². The van der Waals surface area contributed by atoms with Gasteiger partial charge in [0, 0.05) is 57.6 Å². The molecular weight excluding hydrogens is 626 g/mol. The van der Waals surface area contributed by atoms with Crippen molar-refractivity contribution in [2.45, 2.75) is 121 Å². The van der Waals surface area contributed by atoms with E-state index < -0.39 is 23.1 Å². The van der Waals surface area contributed by atoms with Crippen molar-refractivity contribution in [3.05, 3.63) is 45.9 Å². The normalized spacial score (nSPS) is 21.2. The van der Waals surface area contributed by atoms with E-state index in [4.69, 9.17) is 21.0 Å². The Kier molecular flexibility index (Phi) is 8.15. The smallest absolute Gasteiger partial charge is 0.219 e. The van der Waals surface area contributed by atoms with E-state index in [0.29, 0.717) is 13.2 Å². The first-order valence-electron chi connectivity index (χ1n) is 16.1. The molecule has 0 amide bonds. The van der Waals surface area contributed by atoms with Gasteiger partial charge in [0.15, 0.2) is 8.32 Å². The lowest BCUT2D eigenvalue weighted by atomic mass is 9.75.